The average molecular weight is 290 g/mol. The zero-order chi connectivity index (χ0) is 13.2. The summed E-state index contributed by atoms with van der Waals surface area (Å²) in [7, 11) is 0. The predicted octanol–water partition coefficient (Wildman–Crippen LogP) is 3.15. The van der Waals surface area contributed by atoms with Crippen LogP contribution < -0.4 is 10.6 Å². The van der Waals surface area contributed by atoms with E-state index in [2.05, 4.69) is 15.6 Å². The minimum atomic E-state index is -0.270. The van der Waals surface area contributed by atoms with Crippen molar-refractivity contribution in [2.45, 2.75) is 31.7 Å². The summed E-state index contributed by atoms with van der Waals surface area (Å²) in [5.41, 5.74) is -0.270. The molecule has 1 aromatic rings. The number of halogens is 2. The molecular weight excluding hydrogens is 273 g/mol. The lowest BCUT2D eigenvalue weighted by atomic mass is 9.77. The van der Waals surface area contributed by atoms with Gasteiger partial charge in [0, 0.05) is 6.54 Å². The van der Waals surface area contributed by atoms with Gasteiger partial charge in [-0.2, -0.15) is 0 Å². The molecule has 0 unspecified atom stereocenters. The first-order chi connectivity index (χ1) is 8.60. The third-order valence-corrected chi connectivity index (χ3v) is 3.85. The van der Waals surface area contributed by atoms with Crippen LogP contribution in [0.4, 0.5) is 11.6 Å². The number of hydrogen-bond acceptors (Lipinski definition) is 4. The van der Waals surface area contributed by atoms with E-state index in [4.69, 9.17) is 23.2 Å². The van der Waals surface area contributed by atoms with Gasteiger partial charge in [0.1, 0.15) is 11.6 Å². The van der Waals surface area contributed by atoms with Crippen LogP contribution in [0, 0.1) is 0 Å². The highest BCUT2D eigenvalue weighted by atomic mass is 35.5. The molecule has 0 atom stereocenters. The van der Waals surface area contributed by atoms with Crippen LogP contribution in [0.2, 0.25) is 10.0 Å². The van der Waals surface area contributed by atoms with Crippen LogP contribution in [0.3, 0.4) is 0 Å². The van der Waals surface area contributed by atoms with Crippen molar-refractivity contribution >= 4 is 34.8 Å². The maximum absolute atomic E-state index is 9.44. The van der Waals surface area contributed by atoms with Crippen molar-refractivity contribution < 1.29 is 5.11 Å². The molecule has 1 fully saturated rings. The molecule has 1 aromatic heterocycles. The third-order valence-electron chi connectivity index (χ3n) is 3.27. The van der Waals surface area contributed by atoms with Crippen molar-refractivity contribution in [3.05, 3.63) is 16.1 Å². The smallest absolute Gasteiger partial charge is 0.147 e. The van der Waals surface area contributed by atoms with E-state index in [1.165, 1.54) is 0 Å². The quantitative estimate of drug-likeness (QED) is 0.779. The van der Waals surface area contributed by atoms with Crippen molar-refractivity contribution in [1.29, 1.82) is 0 Å². The van der Waals surface area contributed by atoms with Crippen molar-refractivity contribution in [1.82, 2.24) is 4.98 Å². The number of aliphatic hydroxyl groups is 1. The van der Waals surface area contributed by atoms with Crippen LogP contribution in [-0.4, -0.2) is 28.8 Å². The lowest BCUT2D eigenvalue weighted by Gasteiger charge is -2.41. The molecule has 0 spiro atoms. The number of pyridine rings is 1. The normalized spacial score (nSPS) is 17.1. The molecular formula is C12H17Cl2N3O. The fourth-order valence-electron chi connectivity index (χ4n) is 2.02. The van der Waals surface area contributed by atoms with Crippen LogP contribution >= 0.6 is 23.2 Å². The molecule has 3 N–H and O–H groups in total. The van der Waals surface area contributed by atoms with Crippen LogP contribution in [0.5, 0.6) is 0 Å². The minimum absolute atomic E-state index is 0.0875. The van der Waals surface area contributed by atoms with Gasteiger partial charge in [0.25, 0.3) is 0 Å². The van der Waals surface area contributed by atoms with Gasteiger partial charge in [0.2, 0.25) is 0 Å². The fraction of sp³-hybridized carbons (Fsp3) is 0.583. The summed E-state index contributed by atoms with van der Waals surface area (Å²) in [6.45, 7) is 2.80. The summed E-state index contributed by atoms with van der Waals surface area (Å²) in [6.07, 6.45) is 2.97. The molecule has 6 heteroatoms. The zero-order valence-corrected chi connectivity index (χ0v) is 11.8. The van der Waals surface area contributed by atoms with E-state index >= 15 is 0 Å². The lowest BCUT2D eigenvalue weighted by Crippen LogP contribution is -2.48. The standard InChI is InChI=1S/C12H17Cl2N3O/c1-2-15-10-8(13)6-9(14)11(16-10)17-12(7-18)4-3-5-12/h6,18H,2-5,7H2,1H3,(H2,15,16,17). The Kier molecular flexibility index (Phi) is 4.20. The number of nitrogens with one attached hydrogen (secondary N) is 2. The highest BCUT2D eigenvalue weighted by molar-refractivity contribution is 6.37. The first-order valence-electron chi connectivity index (χ1n) is 6.09. The van der Waals surface area contributed by atoms with Crippen molar-refractivity contribution in [2.75, 3.05) is 23.8 Å². The van der Waals surface area contributed by atoms with E-state index in [9.17, 15) is 5.11 Å². The Hall–Kier alpha value is -0.710. The largest absolute Gasteiger partial charge is 0.394 e. The second-order valence-corrected chi connectivity index (χ2v) is 5.41. The topological polar surface area (TPSA) is 57.2 Å². The minimum Gasteiger partial charge on any atom is -0.394 e. The van der Waals surface area contributed by atoms with Gasteiger partial charge in [0.15, 0.2) is 0 Å². The highest BCUT2D eigenvalue weighted by Gasteiger charge is 2.37. The van der Waals surface area contributed by atoms with Crippen LogP contribution in [-0.2, 0) is 0 Å². The maximum atomic E-state index is 9.44. The van der Waals surface area contributed by atoms with E-state index in [0.717, 1.165) is 25.8 Å². The Balaban J connectivity index is 2.24. The molecule has 4 nitrogen and oxygen atoms in total. The van der Waals surface area contributed by atoms with Gasteiger partial charge < -0.3 is 15.7 Å². The summed E-state index contributed by atoms with van der Waals surface area (Å²) in [5.74, 6) is 1.18. The second kappa shape index (κ2) is 5.51. The molecule has 1 aliphatic rings. The van der Waals surface area contributed by atoms with Crippen LogP contribution in [0.15, 0.2) is 6.07 Å². The van der Waals surface area contributed by atoms with Gasteiger partial charge in [0.05, 0.1) is 22.2 Å². The number of hydrogen-bond donors (Lipinski definition) is 3. The van der Waals surface area contributed by atoms with Crippen molar-refractivity contribution in [3.63, 3.8) is 0 Å². The Morgan fingerprint density at radius 1 is 1.33 bits per heavy atom. The maximum Gasteiger partial charge on any atom is 0.147 e. The first-order valence-corrected chi connectivity index (χ1v) is 6.85. The number of anilines is 2. The number of rotatable bonds is 5. The van der Waals surface area contributed by atoms with Crippen LogP contribution in [0.25, 0.3) is 0 Å². The molecule has 0 aliphatic heterocycles. The molecule has 2 rings (SSSR count). The van der Waals surface area contributed by atoms with E-state index < -0.39 is 0 Å². The molecule has 0 amide bonds. The first kappa shape index (κ1) is 13.7. The zero-order valence-electron chi connectivity index (χ0n) is 10.3. The summed E-state index contributed by atoms with van der Waals surface area (Å²) < 4.78 is 0. The number of nitrogens with zero attached hydrogens (tertiary/aromatic N) is 1. The lowest BCUT2D eigenvalue weighted by molar-refractivity contribution is 0.144. The fourth-order valence-corrected chi connectivity index (χ4v) is 2.50. The Morgan fingerprint density at radius 2 is 2.00 bits per heavy atom. The summed E-state index contributed by atoms with van der Waals surface area (Å²) in [5, 5.41) is 16.7. The van der Waals surface area contributed by atoms with E-state index in [1.54, 1.807) is 6.07 Å². The van der Waals surface area contributed by atoms with Gasteiger partial charge >= 0.3 is 0 Å². The molecule has 1 heterocycles. The van der Waals surface area contributed by atoms with E-state index in [1.807, 2.05) is 6.92 Å². The van der Waals surface area contributed by atoms with Gasteiger partial charge in [-0.1, -0.05) is 23.2 Å². The van der Waals surface area contributed by atoms with E-state index in [0.29, 0.717) is 21.7 Å². The Bertz CT molecular complexity index is 430. The summed E-state index contributed by atoms with van der Waals surface area (Å²) in [6, 6.07) is 1.67. The molecule has 100 valence electrons. The molecule has 0 radical (unpaired) electrons. The highest BCUT2D eigenvalue weighted by Crippen LogP contribution is 2.37. The Morgan fingerprint density at radius 3 is 2.50 bits per heavy atom. The molecule has 0 saturated heterocycles. The molecule has 1 saturated carbocycles. The predicted molar refractivity (Wildman–Crippen MR) is 75.7 cm³/mol. The van der Waals surface area contributed by atoms with Crippen molar-refractivity contribution in [2.24, 2.45) is 0 Å². The number of aromatic nitrogens is 1. The Labute approximate surface area is 117 Å². The summed E-state index contributed by atoms with van der Waals surface area (Å²) >= 11 is 12.2. The molecule has 0 bridgehead atoms. The van der Waals surface area contributed by atoms with Gasteiger partial charge in [-0.3, -0.25) is 0 Å². The van der Waals surface area contributed by atoms with Gasteiger partial charge in [-0.15, -0.1) is 0 Å². The monoisotopic (exact) mass is 289 g/mol. The van der Waals surface area contributed by atoms with E-state index in [-0.39, 0.29) is 12.1 Å². The summed E-state index contributed by atoms with van der Waals surface area (Å²) in [4.78, 5) is 4.38. The second-order valence-electron chi connectivity index (χ2n) is 4.60. The van der Waals surface area contributed by atoms with Gasteiger partial charge in [-0.25, -0.2) is 4.98 Å². The third kappa shape index (κ3) is 2.66. The SMILES string of the molecule is CCNc1nc(NC2(CO)CCC2)c(Cl)cc1Cl. The van der Waals surface area contributed by atoms with Crippen molar-refractivity contribution in [3.8, 4) is 0 Å². The average Bonchev–Trinajstić information content (AvgIpc) is 2.29. The molecule has 1 aliphatic carbocycles. The van der Waals surface area contributed by atoms with Crippen LogP contribution in [0.1, 0.15) is 26.2 Å². The van der Waals surface area contributed by atoms with Gasteiger partial charge in [-0.05, 0) is 32.3 Å². The molecule has 18 heavy (non-hydrogen) atoms. The molecule has 0 aromatic carbocycles. The number of aliphatic hydroxyl groups excluding tert-OH is 1.